The molecule has 0 radical (unpaired) electrons. The third kappa shape index (κ3) is 2.42. The van der Waals surface area contributed by atoms with E-state index in [1.807, 2.05) is 6.07 Å². The van der Waals surface area contributed by atoms with Crippen LogP contribution in [0.15, 0.2) is 18.2 Å². The molecule has 3 rings (SSSR count). The molecule has 0 amide bonds. The largest absolute Gasteiger partial charge is 0.306 e. The molecule has 0 atom stereocenters. The number of piperidine rings is 1. The fraction of sp³-hybridized carbons (Fsp3) is 0.600. The Hall–Kier alpha value is -0.570. The molecule has 0 aromatic heterocycles. The zero-order valence-corrected chi connectivity index (χ0v) is 11.8. The van der Waals surface area contributed by atoms with Crippen LogP contribution in [0.4, 0.5) is 0 Å². The minimum atomic E-state index is 0.772. The van der Waals surface area contributed by atoms with Gasteiger partial charge in [-0.3, -0.25) is 4.90 Å². The van der Waals surface area contributed by atoms with E-state index in [0.717, 1.165) is 24.0 Å². The van der Waals surface area contributed by atoms with Gasteiger partial charge >= 0.3 is 0 Å². The van der Waals surface area contributed by atoms with Crippen molar-refractivity contribution in [2.75, 3.05) is 26.7 Å². The van der Waals surface area contributed by atoms with E-state index < -0.39 is 0 Å². The molecule has 18 heavy (non-hydrogen) atoms. The zero-order chi connectivity index (χ0) is 12.5. The first-order valence-electron chi connectivity index (χ1n) is 6.93. The highest BCUT2D eigenvalue weighted by Crippen LogP contribution is 2.28. The van der Waals surface area contributed by atoms with Crippen LogP contribution in [0, 0.1) is 0 Å². The molecule has 1 aromatic carbocycles. The maximum Gasteiger partial charge on any atom is 0.0441 e. The number of hydrogen-bond acceptors (Lipinski definition) is 2. The van der Waals surface area contributed by atoms with E-state index in [2.05, 4.69) is 29.0 Å². The van der Waals surface area contributed by atoms with Crippen molar-refractivity contribution >= 4 is 11.6 Å². The number of benzene rings is 1. The first-order valence-corrected chi connectivity index (χ1v) is 7.30. The molecule has 2 aliphatic heterocycles. The number of likely N-dealkylation sites (tertiary alicyclic amines) is 1. The van der Waals surface area contributed by atoms with E-state index >= 15 is 0 Å². The van der Waals surface area contributed by atoms with Crippen molar-refractivity contribution in [3.63, 3.8) is 0 Å². The highest BCUT2D eigenvalue weighted by molar-refractivity contribution is 6.31. The lowest BCUT2D eigenvalue weighted by molar-refractivity contribution is 0.110. The summed E-state index contributed by atoms with van der Waals surface area (Å²) in [5.74, 6) is 0. The molecule has 2 aliphatic rings. The summed E-state index contributed by atoms with van der Waals surface area (Å²) in [4.78, 5) is 5.09. The quantitative estimate of drug-likeness (QED) is 0.770. The van der Waals surface area contributed by atoms with Crippen LogP contribution in [0.3, 0.4) is 0 Å². The summed E-state index contributed by atoms with van der Waals surface area (Å²) in [7, 11) is 2.22. The Kier molecular flexibility index (Phi) is 3.60. The van der Waals surface area contributed by atoms with Gasteiger partial charge in [-0.05, 0) is 56.6 Å². The standard InChI is InChI=1S/C15H21ClN2/c1-17-8-5-13(6-9-17)18-10-7-14-12(11-18)3-2-4-15(14)16/h2-4,13H,5-11H2,1H3. The number of fused-ring (bicyclic) bond motifs is 1. The summed E-state index contributed by atoms with van der Waals surface area (Å²) < 4.78 is 0. The third-order valence-corrected chi connectivity index (χ3v) is 4.80. The van der Waals surface area contributed by atoms with Crippen LogP contribution in [0.2, 0.25) is 5.02 Å². The predicted octanol–water partition coefficient (Wildman–Crippen LogP) is 2.79. The van der Waals surface area contributed by atoms with Crippen molar-refractivity contribution < 1.29 is 0 Å². The van der Waals surface area contributed by atoms with E-state index in [1.54, 1.807) is 0 Å². The van der Waals surface area contributed by atoms with E-state index in [-0.39, 0.29) is 0 Å². The van der Waals surface area contributed by atoms with Crippen LogP contribution in [-0.2, 0) is 13.0 Å². The maximum atomic E-state index is 6.27. The van der Waals surface area contributed by atoms with Crippen molar-refractivity contribution in [1.29, 1.82) is 0 Å². The molecule has 0 bridgehead atoms. The molecule has 0 spiro atoms. The molecule has 98 valence electrons. The van der Waals surface area contributed by atoms with Gasteiger partial charge in [0, 0.05) is 24.2 Å². The van der Waals surface area contributed by atoms with Crippen molar-refractivity contribution in [3.05, 3.63) is 34.3 Å². The molecule has 1 aromatic rings. The second-order valence-electron chi connectivity index (χ2n) is 5.63. The number of rotatable bonds is 1. The normalized spacial score (nSPS) is 23.0. The summed E-state index contributed by atoms with van der Waals surface area (Å²) >= 11 is 6.27. The fourth-order valence-corrected chi connectivity index (χ4v) is 3.55. The summed E-state index contributed by atoms with van der Waals surface area (Å²) in [5, 5.41) is 0.954. The van der Waals surface area contributed by atoms with Gasteiger partial charge in [0.1, 0.15) is 0 Å². The molecule has 3 heteroatoms. The first kappa shape index (κ1) is 12.5. The Morgan fingerprint density at radius 3 is 2.72 bits per heavy atom. The van der Waals surface area contributed by atoms with Gasteiger partial charge < -0.3 is 4.90 Å². The lowest BCUT2D eigenvalue weighted by atomic mass is 9.95. The van der Waals surface area contributed by atoms with E-state index in [9.17, 15) is 0 Å². The van der Waals surface area contributed by atoms with Gasteiger partial charge in [0.05, 0.1) is 0 Å². The van der Waals surface area contributed by atoms with Crippen LogP contribution in [0.25, 0.3) is 0 Å². The van der Waals surface area contributed by atoms with Crippen molar-refractivity contribution in [2.24, 2.45) is 0 Å². The number of halogens is 1. The highest BCUT2D eigenvalue weighted by Gasteiger charge is 2.26. The second kappa shape index (κ2) is 5.20. The molecule has 0 unspecified atom stereocenters. The minimum Gasteiger partial charge on any atom is -0.306 e. The fourth-order valence-electron chi connectivity index (χ4n) is 3.26. The topological polar surface area (TPSA) is 6.48 Å². The summed E-state index contributed by atoms with van der Waals surface area (Å²) in [6.45, 7) is 4.74. The SMILES string of the molecule is CN1CCC(N2CCc3c(Cl)cccc3C2)CC1. The monoisotopic (exact) mass is 264 g/mol. The van der Waals surface area contributed by atoms with Crippen LogP contribution in [-0.4, -0.2) is 42.5 Å². The molecule has 0 saturated carbocycles. The number of nitrogens with zero attached hydrogens (tertiary/aromatic N) is 2. The van der Waals surface area contributed by atoms with E-state index in [1.165, 1.54) is 43.6 Å². The second-order valence-corrected chi connectivity index (χ2v) is 6.04. The average Bonchev–Trinajstić information content (AvgIpc) is 2.39. The molecule has 0 aliphatic carbocycles. The van der Waals surface area contributed by atoms with Crippen molar-refractivity contribution in [2.45, 2.75) is 31.8 Å². The smallest absolute Gasteiger partial charge is 0.0441 e. The molecule has 2 nitrogen and oxygen atoms in total. The molecular weight excluding hydrogens is 244 g/mol. The summed E-state index contributed by atoms with van der Waals surface area (Å²) in [6.07, 6.45) is 3.74. The summed E-state index contributed by atoms with van der Waals surface area (Å²) in [5.41, 5.74) is 2.82. The Bertz CT molecular complexity index is 425. The summed E-state index contributed by atoms with van der Waals surface area (Å²) in [6, 6.07) is 7.11. The number of hydrogen-bond donors (Lipinski definition) is 0. The van der Waals surface area contributed by atoms with E-state index in [0.29, 0.717) is 0 Å². The average molecular weight is 265 g/mol. The van der Waals surface area contributed by atoms with Crippen LogP contribution in [0.5, 0.6) is 0 Å². The molecule has 1 fully saturated rings. The van der Waals surface area contributed by atoms with Gasteiger partial charge in [-0.2, -0.15) is 0 Å². The van der Waals surface area contributed by atoms with Gasteiger partial charge in [-0.25, -0.2) is 0 Å². The van der Waals surface area contributed by atoms with Gasteiger partial charge in [-0.1, -0.05) is 23.7 Å². The lowest BCUT2D eigenvalue weighted by Crippen LogP contribution is -2.45. The zero-order valence-electron chi connectivity index (χ0n) is 11.0. The van der Waals surface area contributed by atoms with Crippen LogP contribution in [0.1, 0.15) is 24.0 Å². The minimum absolute atomic E-state index is 0.772. The Morgan fingerprint density at radius 1 is 1.17 bits per heavy atom. The Labute approximate surface area is 115 Å². The van der Waals surface area contributed by atoms with Crippen LogP contribution >= 0.6 is 11.6 Å². The van der Waals surface area contributed by atoms with Crippen molar-refractivity contribution in [3.8, 4) is 0 Å². The van der Waals surface area contributed by atoms with Crippen LogP contribution < -0.4 is 0 Å². The highest BCUT2D eigenvalue weighted by atomic mass is 35.5. The van der Waals surface area contributed by atoms with Gasteiger partial charge in [0.2, 0.25) is 0 Å². The maximum absolute atomic E-state index is 6.27. The third-order valence-electron chi connectivity index (χ3n) is 4.44. The first-order chi connectivity index (χ1) is 8.74. The molecular formula is C15H21ClN2. The molecule has 1 saturated heterocycles. The molecule has 0 N–H and O–H groups in total. The lowest BCUT2D eigenvalue weighted by Gasteiger charge is -2.40. The van der Waals surface area contributed by atoms with Gasteiger partial charge in [0.25, 0.3) is 0 Å². The van der Waals surface area contributed by atoms with E-state index in [4.69, 9.17) is 11.6 Å². The van der Waals surface area contributed by atoms with Gasteiger partial charge in [-0.15, -0.1) is 0 Å². The Balaban J connectivity index is 1.71. The van der Waals surface area contributed by atoms with Crippen molar-refractivity contribution in [1.82, 2.24) is 9.80 Å². The predicted molar refractivity (Wildman–Crippen MR) is 76.1 cm³/mol. The molecule has 2 heterocycles. The Morgan fingerprint density at radius 2 is 1.94 bits per heavy atom. The van der Waals surface area contributed by atoms with Gasteiger partial charge in [0.15, 0.2) is 0 Å².